The van der Waals surface area contributed by atoms with Crippen molar-refractivity contribution in [3.63, 3.8) is 0 Å². The van der Waals surface area contributed by atoms with Gasteiger partial charge in [-0.1, -0.05) is 45.1 Å². The van der Waals surface area contributed by atoms with Crippen LogP contribution in [0.5, 0.6) is 0 Å². The normalized spacial score (nSPS) is 24.0. The molecule has 3 amide bonds. The van der Waals surface area contributed by atoms with Crippen LogP contribution in [0.15, 0.2) is 41.3 Å². The summed E-state index contributed by atoms with van der Waals surface area (Å²) in [5, 5.41) is 0. The average molecular weight is 460 g/mol. The van der Waals surface area contributed by atoms with E-state index in [1.807, 2.05) is 32.9 Å². The average Bonchev–Trinajstić information content (AvgIpc) is 2.96. The number of hydrogen-bond donors (Lipinski definition) is 1. The summed E-state index contributed by atoms with van der Waals surface area (Å²) in [5.74, 6) is -1.25. The molecule has 0 saturated carbocycles. The Labute approximate surface area is 188 Å². The Balaban J connectivity index is 1.30. The highest BCUT2D eigenvalue weighted by molar-refractivity contribution is 7.89. The van der Waals surface area contributed by atoms with Gasteiger partial charge in [-0.15, -0.1) is 0 Å². The third-order valence-electron chi connectivity index (χ3n) is 6.57. The second kappa shape index (κ2) is 8.12. The molecule has 9 heteroatoms. The minimum absolute atomic E-state index is 0.0911. The fourth-order valence-electron chi connectivity index (χ4n) is 4.49. The van der Waals surface area contributed by atoms with Crippen LogP contribution in [0.4, 0.5) is 0 Å². The summed E-state index contributed by atoms with van der Waals surface area (Å²) in [4.78, 5) is 40.6. The van der Waals surface area contributed by atoms with E-state index in [2.05, 4.69) is 4.72 Å². The molecular formula is C23H29N3O5S. The van der Waals surface area contributed by atoms with Gasteiger partial charge in [0.15, 0.2) is 0 Å². The predicted octanol–water partition coefficient (Wildman–Crippen LogP) is 1.42. The number of benzene rings is 1. The number of nitrogens with one attached hydrogen (secondary N) is 1. The highest BCUT2D eigenvalue weighted by Crippen LogP contribution is 2.37. The number of nitrogens with zero attached hydrogens (tertiary/aromatic N) is 2. The highest BCUT2D eigenvalue weighted by Gasteiger charge is 2.52. The van der Waals surface area contributed by atoms with Crippen LogP contribution in [-0.4, -0.2) is 61.6 Å². The van der Waals surface area contributed by atoms with E-state index < -0.39 is 10.0 Å². The smallest absolute Gasteiger partial charge is 0.241 e. The topological polar surface area (TPSA) is 104 Å². The maximum atomic E-state index is 12.6. The van der Waals surface area contributed by atoms with E-state index in [1.54, 1.807) is 12.1 Å². The lowest BCUT2D eigenvalue weighted by Gasteiger charge is -2.43. The lowest BCUT2D eigenvalue weighted by Crippen LogP contribution is -2.63. The third kappa shape index (κ3) is 4.11. The van der Waals surface area contributed by atoms with Gasteiger partial charge in [-0.2, -0.15) is 0 Å². The zero-order chi connectivity index (χ0) is 23.3. The van der Waals surface area contributed by atoms with Crippen molar-refractivity contribution >= 4 is 27.7 Å². The Morgan fingerprint density at radius 3 is 2.03 bits per heavy atom. The van der Waals surface area contributed by atoms with Crippen LogP contribution in [0, 0.1) is 11.8 Å². The molecule has 172 valence electrons. The number of allylic oxidation sites excluding steroid dienone is 2. The Bertz CT molecular complexity index is 1040. The number of sulfonamides is 1. The number of amides is 3. The van der Waals surface area contributed by atoms with Gasteiger partial charge < -0.3 is 4.90 Å². The molecule has 0 radical (unpaired) electrons. The van der Waals surface area contributed by atoms with E-state index in [4.69, 9.17) is 0 Å². The third-order valence-corrected chi connectivity index (χ3v) is 7.98. The summed E-state index contributed by atoms with van der Waals surface area (Å²) in [6, 6.07) is 6.28. The van der Waals surface area contributed by atoms with Crippen LogP contribution in [0.3, 0.4) is 0 Å². The van der Waals surface area contributed by atoms with Crippen LogP contribution in [0.2, 0.25) is 0 Å². The molecule has 8 nitrogen and oxygen atoms in total. The molecule has 3 aliphatic rings. The second-order valence-electron chi connectivity index (χ2n) is 9.75. The predicted molar refractivity (Wildman–Crippen MR) is 118 cm³/mol. The zero-order valence-electron chi connectivity index (χ0n) is 18.6. The Morgan fingerprint density at radius 2 is 1.53 bits per heavy atom. The maximum Gasteiger partial charge on any atom is 0.241 e. The lowest BCUT2D eigenvalue weighted by atomic mass is 9.85. The van der Waals surface area contributed by atoms with Gasteiger partial charge in [0.1, 0.15) is 0 Å². The zero-order valence-corrected chi connectivity index (χ0v) is 19.4. The first-order valence-corrected chi connectivity index (χ1v) is 12.4. The molecule has 2 atom stereocenters. The maximum absolute atomic E-state index is 12.6. The largest absolute Gasteiger partial charge is 0.337 e. The van der Waals surface area contributed by atoms with E-state index in [0.717, 1.165) is 5.56 Å². The molecule has 2 aliphatic heterocycles. The van der Waals surface area contributed by atoms with Gasteiger partial charge in [0, 0.05) is 13.1 Å². The molecule has 0 bridgehead atoms. The fourth-order valence-corrected chi connectivity index (χ4v) is 5.47. The molecule has 1 N–H and O–H groups in total. The second-order valence-corrected chi connectivity index (χ2v) is 11.5. The van der Waals surface area contributed by atoms with Crippen molar-refractivity contribution in [3.8, 4) is 0 Å². The molecule has 4 rings (SSSR count). The van der Waals surface area contributed by atoms with E-state index in [0.29, 0.717) is 12.8 Å². The van der Waals surface area contributed by atoms with Crippen LogP contribution in [0.25, 0.3) is 0 Å². The number of hydrogen-bond acceptors (Lipinski definition) is 5. The Hall–Kier alpha value is -2.52. The number of carbonyl (C=O) groups excluding carboxylic acids is 3. The minimum Gasteiger partial charge on any atom is -0.337 e. The summed E-state index contributed by atoms with van der Waals surface area (Å²) < 4.78 is 27.4. The minimum atomic E-state index is -3.82. The summed E-state index contributed by atoms with van der Waals surface area (Å²) in [6.45, 7) is 6.25. The van der Waals surface area contributed by atoms with Crippen molar-refractivity contribution in [2.75, 3.05) is 19.6 Å². The van der Waals surface area contributed by atoms with Crippen LogP contribution < -0.4 is 4.72 Å². The monoisotopic (exact) mass is 459 g/mol. The molecule has 1 aromatic rings. The summed E-state index contributed by atoms with van der Waals surface area (Å²) in [7, 11) is -3.82. The van der Waals surface area contributed by atoms with E-state index in [-0.39, 0.29) is 65.5 Å². The molecular weight excluding hydrogens is 430 g/mol. The number of rotatable bonds is 5. The molecule has 2 unspecified atom stereocenters. The van der Waals surface area contributed by atoms with E-state index in [9.17, 15) is 22.8 Å². The molecule has 0 aromatic heterocycles. The molecule has 32 heavy (non-hydrogen) atoms. The van der Waals surface area contributed by atoms with Crippen molar-refractivity contribution in [3.05, 3.63) is 42.0 Å². The number of carbonyl (C=O) groups is 3. The van der Waals surface area contributed by atoms with Gasteiger partial charge >= 0.3 is 0 Å². The van der Waals surface area contributed by atoms with Gasteiger partial charge in [-0.3, -0.25) is 19.3 Å². The number of likely N-dealkylation sites (tertiary alicyclic amines) is 2. The first-order valence-electron chi connectivity index (χ1n) is 10.9. The van der Waals surface area contributed by atoms with E-state index >= 15 is 0 Å². The van der Waals surface area contributed by atoms with Gasteiger partial charge in [-0.05, 0) is 36.0 Å². The molecule has 1 aromatic carbocycles. The standard InChI is InChI=1S/C23H29N3O5S/c1-23(2,3)15-8-10-17(11-9-15)32(30,31)24-12-20(27)25-13-16(14-25)26-21(28)18-6-4-5-7-19(18)22(26)29/h4-5,8-11,16,18-19,24H,6-7,12-14H2,1-3H3. The first-order chi connectivity index (χ1) is 15.0. The molecule has 2 heterocycles. The van der Waals surface area contributed by atoms with Crippen molar-refractivity contribution in [2.45, 2.75) is 50.0 Å². The quantitative estimate of drug-likeness (QED) is 0.530. The Morgan fingerprint density at radius 1 is 1.00 bits per heavy atom. The highest BCUT2D eigenvalue weighted by atomic mass is 32.2. The van der Waals surface area contributed by atoms with Gasteiger partial charge in [0.05, 0.1) is 29.3 Å². The summed E-state index contributed by atoms with van der Waals surface area (Å²) in [6.07, 6.45) is 5.05. The van der Waals surface area contributed by atoms with Crippen LogP contribution in [-0.2, 0) is 29.8 Å². The molecule has 1 aliphatic carbocycles. The first kappa shape index (κ1) is 22.7. The lowest BCUT2D eigenvalue weighted by molar-refractivity contribution is -0.152. The van der Waals surface area contributed by atoms with Crippen molar-refractivity contribution < 1.29 is 22.8 Å². The molecule has 0 spiro atoms. The van der Waals surface area contributed by atoms with Gasteiger partial charge in [0.25, 0.3) is 0 Å². The number of fused-ring (bicyclic) bond motifs is 1. The molecule has 2 saturated heterocycles. The summed E-state index contributed by atoms with van der Waals surface area (Å²) >= 11 is 0. The van der Waals surface area contributed by atoms with Crippen molar-refractivity contribution in [1.29, 1.82) is 0 Å². The van der Waals surface area contributed by atoms with Gasteiger partial charge in [-0.25, -0.2) is 13.1 Å². The van der Waals surface area contributed by atoms with Crippen LogP contribution >= 0.6 is 0 Å². The molecule has 2 fully saturated rings. The van der Waals surface area contributed by atoms with E-state index in [1.165, 1.54) is 21.9 Å². The van der Waals surface area contributed by atoms with Crippen LogP contribution in [0.1, 0.15) is 39.2 Å². The Kier molecular flexibility index (Phi) is 5.75. The van der Waals surface area contributed by atoms with Gasteiger partial charge in [0.2, 0.25) is 27.7 Å². The number of imide groups is 1. The van der Waals surface area contributed by atoms with Crippen molar-refractivity contribution in [1.82, 2.24) is 14.5 Å². The summed E-state index contributed by atoms with van der Waals surface area (Å²) in [5.41, 5.74) is 0.923. The van der Waals surface area contributed by atoms with Crippen molar-refractivity contribution in [2.24, 2.45) is 11.8 Å². The fraction of sp³-hybridized carbons (Fsp3) is 0.522. The SMILES string of the molecule is CC(C)(C)c1ccc(S(=O)(=O)NCC(=O)N2CC(N3C(=O)C4CC=CCC4C3=O)C2)cc1.